The number of amides is 2. The van der Waals surface area contributed by atoms with Gasteiger partial charge in [0, 0.05) is 43.9 Å². The van der Waals surface area contributed by atoms with Gasteiger partial charge in [-0.15, -0.1) is 0 Å². The Hall–Kier alpha value is -1.88. The fourth-order valence-corrected chi connectivity index (χ4v) is 3.31. The number of anilines is 1. The molecule has 1 aromatic carbocycles. The third-order valence-corrected chi connectivity index (χ3v) is 4.54. The summed E-state index contributed by atoms with van der Waals surface area (Å²) in [5.41, 5.74) is 1.43. The lowest BCUT2D eigenvalue weighted by Crippen LogP contribution is -2.41. The highest BCUT2D eigenvalue weighted by Crippen LogP contribution is 2.24. The summed E-state index contributed by atoms with van der Waals surface area (Å²) in [4.78, 5) is 28.1. The molecule has 2 heterocycles. The molecule has 1 N–H and O–H groups in total. The van der Waals surface area contributed by atoms with Gasteiger partial charge in [0.2, 0.25) is 5.91 Å². The number of hydrogen-bond acceptors (Lipinski definition) is 3. The van der Waals surface area contributed by atoms with Gasteiger partial charge in [-0.2, -0.15) is 0 Å². The van der Waals surface area contributed by atoms with Gasteiger partial charge >= 0.3 is 0 Å². The van der Waals surface area contributed by atoms with Crippen molar-refractivity contribution in [2.75, 3.05) is 31.1 Å². The summed E-state index contributed by atoms with van der Waals surface area (Å²) in [5.74, 6) is 0.301. The zero-order chi connectivity index (χ0) is 15.5. The topological polar surface area (TPSA) is 60.9 Å². The van der Waals surface area contributed by atoms with E-state index in [9.17, 15) is 14.7 Å². The van der Waals surface area contributed by atoms with E-state index >= 15 is 0 Å². The van der Waals surface area contributed by atoms with Gasteiger partial charge in [0.15, 0.2) is 0 Å². The van der Waals surface area contributed by atoms with Crippen molar-refractivity contribution in [3.63, 3.8) is 0 Å². The SMILES string of the molecule is O=C(c1cccc(N2CCCC2=O)c1)N1CCCC(CO)C1. The van der Waals surface area contributed by atoms with Crippen molar-refractivity contribution in [2.24, 2.45) is 5.92 Å². The summed E-state index contributed by atoms with van der Waals surface area (Å²) in [6.07, 6.45) is 3.37. The number of likely N-dealkylation sites (tertiary alicyclic amines) is 1. The molecule has 2 saturated heterocycles. The molecule has 0 aliphatic carbocycles. The van der Waals surface area contributed by atoms with Crippen LogP contribution in [0.2, 0.25) is 0 Å². The van der Waals surface area contributed by atoms with Crippen molar-refractivity contribution in [3.05, 3.63) is 29.8 Å². The molecule has 118 valence electrons. The van der Waals surface area contributed by atoms with Crippen LogP contribution in [-0.4, -0.2) is 48.1 Å². The number of piperidine rings is 1. The molecule has 1 unspecified atom stereocenters. The van der Waals surface area contributed by atoms with Crippen molar-refractivity contribution in [3.8, 4) is 0 Å². The van der Waals surface area contributed by atoms with Gasteiger partial charge in [0.1, 0.15) is 0 Å². The van der Waals surface area contributed by atoms with Crippen LogP contribution in [0.3, 0.4) is 0 Å². The average molecular weight is 302 g/mol. The van der Waals surface area contributed by atoms with Gasteiger partial charge in [0.25, 0.3) is 5.91 Å². The lowest BCUT2D eigenvalue weighted by atomic mass is 9.98. The van der Waals surface area contributed by atoms with E-state index in [2.05, 4.69) is 0 Å². The Morgan fingerprint density at radius 3 is 2.86 bits per heavy atom. The third-order valence-electron chi connectivity index (χ3n) is 4.54. The predicted octanol–water partition coefficient (Wildman–Crippen LogP) is 1.66. The molecule has 2 amide bonds. The lowest BCUT2D eigenvalue weighted by molar-refractivity contribution is -0.117. The van der Waals surface area contributed by atoms with Crippen LogP contribution in [0.15, 0.2) is 24.3 Å². The molecule has 5 heteroatoms. The normalized spacial score (nSPS) is 22.2. The van der Waals surface area contributed by atoms with Crippen LogP contribution in [0, 0.1) is 5.92 Å². The molecule has 2 aliphatic rings. The molecule has 2 aliphatic heterocycles. The van der Waals surface area contributed by atoms with Gasteiger partial charge in [-0.3, -0.25) is 9.59 Å². The van der Waals surface area contributed by atoms with E-state index < -0.39 is 0 Å². The fourth-order valence-electron chi connectivity index (χ4n) is 3.31. The molecule has 22 heavy (non-hydrogen) atoms. The average Bonchev–Trinajstić information content (AvgIpc) is 3.00. The van der Waals surface area contributed by atoms with Gasteiger partial charge in [0.05, 0.1) is 0 Å². The van der Waals surface area contributed by atoms with Crippen molar-refractivity contribution in [2.45, 2.75) is 25.7 Å². The second-order valence-corrected chi connectivity index (χ2v) is 6.14. The highest BCUT2D eigenvalue weighted by molar-refractivity contribution is 5.99. The highest BCUT2D eigenvalue weighted by atomic mass is 16.3. The Balaban J connectivity index is 1.76. The van der Waals surface area contributed by atoms with E-state index in [1.165, 1.54) is 0 Å². The van der Waals surface area contributed by atoms with Gasteiger partial charge in [-0.1, -0.05) is 6.07 Å². The zero-order valence-electron chi connectivity index (χ0n) is 12.7. The van der Waals surface area contributed by atoms with Crippen molar-refractivity contribution < 1.29 is 14.7 Å². The Labute approximate surface area is 130 Å². The fraction of sp³-hybridized carbons (Fsp3) is 0.529. The van der Waals surface area contributed by atoms with Gasteiger partial charge in [-0.25, -0.2) is 0 Å². The number of aliphatic hydroxyl groups excluding tert-OH is 1. The van der Waals surface area contributed by atoms with E-state index in [0.29, 0.717) is 18.5 Å². The standard InChI is InChI=1S/C17H22N2O3/c20-12-13-4-2-8-18(11-13)17(22)14-5-1-6-15(10-14)19-9-3-7-16(19)21/h1,5-6,10,13,20H,2-4,7-9,11-12H2. The summed E-state index contributed by atoms with van der Waals surface area (Å²) in [6.45, 7) is 2.21. The van der Waals surface area contributed by atoms with Crippen LogP contribution in [0.1, 0.15) is 36.0 Å². The second kappa shape index (κ2) is 6.48. The van der Waals surface area contributed by atoms with Crippen LogP contribution in [-0.2, 0) is 4.79 Å². The maximum atomic E-state index is 12.7. The zero-order valence-corrected chi connectivity index (χ0v) is 12.7. The Morgan fingerprint density at radius 2 is 2.14 bits per heavy atom. The van der Waals surface area contributed by atoms with Crippen molar-refractivity contribution >= 4 is 17.5 Å². The lowest BCUT2D eigenvalue weighted by Gasteiger charge is -2.32. The number of rotatable bonds is 3. The minimum atomic E-state index is -0.00774. The smallest absolute Gasteiger partial charge is 0.253 e. The summed E-state index contributed by atoms with van der Waals surface area (Å²) in [5, 5.41) is 9.30. The highest BCUT2D eigenvalue weighted by Gasteiger charge is 2.26. The first kappa shape index (κ1) is 15.0. The molecular formula is C17H22N2O3. The van der Waals surface area contributed by atoms with Crippen LogP contribution in [0.25, 0.3) is 0 Å². The Morgan fingerprint density at radius 1 is 1.27 bits per heavy atom. The number of benzene rings is 1. The molecule has 0 aromatic heterocycles. The largest absolute Gasteiger partial charge is 0.396 e. The minimum absolute atomic E-state index is 0.00774. The van der Waals surface area contributed by atoms with Gasteiger partial charge < -0.3 is 14.9 Å². The van der Waals surface area contributed by atoms with Crippen molar-refractivity contribution in [1.82, 2.24) is 4.90 Å². The van der Waals surface area contributed by atoms with Crippen LogP contribution in [0.4, 0.5) is 5.69 Å². The number of hydrogen-bond donors (Lipinski definition) is 1. The van der Waals surface area contributed by atoms with Crippen LogP contribution < -0.4 is 4.90 Å². The van der Waals surface area contributed by atoms with E-state index in [1.54, 1.807) is 11.0 Å². The molecule has 0 spiro atoms. The van der Waals surface area contributed by atoms with Gasteiger partial charge in [-0.05, 0) is 43.4 Å². The Kier molecular flexibility index (Phi) is 4.43. The van der Waals surface area contributed by atoms with Crippen molar-refractivity contribution in [1.29, 1.82) is 0 Å². The summed E-state index contributed by atoms with van der Waals surface area (Å²) >= 11 is 0. The first-order chi connectivity index (χ1) is 10.7. The Bertz CT molecular complexity index is 573. The molecule has 0 saturated carbocycles. The summed E-state index contributed by atoms with van der Waals surface area (Å²) < 4.78 is 0. The monoisotopic (exact) mass is 302 g/mol. The van der Waals surface area contributed by atoms with E-state index in [4.69, 9.17) is 0 Å². The molecular weight excluding hydrogens is 280 g/mol. The predicted molar refractivity (Wildman–Crippen MR) is 83.7 cm³/mol. The number of carbonyl (C=O) groups is 2. The number of aliphatic hydroxyl groups is 1. The van der Waals surface area contributed by atoms with Crippen LogP contribution >= 0.6 is 0 Å². The molecule has 0 bridgehead atoms. The van der Waals surface area contributed by atoms with Crippen LogP contribution in [0.5, 0.6) is 0 Å². The maximum absolute atomic E-state index is 12.7. The number of carbonyl (C=O) groups excluding carboxylic acids is 2. The quantitative estimate of drug-likeness (QED) is 0.923. The first-order valence-corrected chi connectivity index (χ1v) is 7.99. The minimum Gasteiger partial charge on any atom is -0.396 e. The van der Waals surface area contributed by atoms with E-state index in [0.717, 1.165) is 38.0 Å². The maximum Gasteiger partial charge on any atom is 0.253 e. The molecule has 0 radical (unpaired) electrons. The summed E-state index contributed by atoms with van der Waals surface area (Å²) in [7, 11) is 0. The van der Waals surface area contributed by atoms with E-state index in [-0.39, 0.29) is 24.3 Å². The molecule has 2 fully saturated rings. The second-order valence-electron chi connectivity index (χ2n) is 6.14. The molecule has 3 rings (SSSR count). The molecule has 1 atom stereocenters. The first-order valence-electron chi connectivity index (χ1n) is 7.99. The van der Waals surface area contributed by atoms with E-state index in [1.807, 2.05) is 23.1 Å². The number of nitrogens with zero attached hydrogens (tertiary/aromatic N) is 2. The molecule has 5 nitrogen and oxygen atoms in total. The summed E-state index contributed by atoms with van der Waals surface area (Å²) in [6, 6.07) is 7.33. The third kappa shape index (κ3) is 2.99. The molecule has 1 aromatic rings.